The average molecular weight is 301 g/mol. The molecule has 3 N–H and O–H groups in total. The highest BCUT2D eigenvalue weighted by atomic mass is 35.5. The van der Waals surface area contributed by atoms with Crippen molar-refractivity contribution in [1.29, 1.82) is 5.41 Å². The number of hydrogen-bond donors (Lipinski definition) is 2. The first-order valence-corrected chi connectivity index (χ1v) is 7.09. The van der Waals surface area contributed by atoms with Crippen molar-refractivity contribution in [3.8, 4) is 0 Å². The molecule has 0 amide bonds. The Bertz CT molecular complexity index is 488. The van der Waals surface area contributed by atoms with Crippen LogP contribution >= 0.6 is 24.2 Å². The Morgan fingerprint density at radius 1 is 1.26 bits per heavy atom. The first kappa shape index (κ1) is 16.1. The highest BCUT2D eigenvalue weighted by Gasteiger charge is 2.17. The maximum atomic E-state index is 13.8. The van der Waals surface area contributed by atoms with E-state index in [0.29, 0.717) is 5.75 Å². The number of nitrogens with one attached hydrogen (secondary N) is 1. The highest BCUT2D eigenvalue weighted by Crippen LogP contribution is 2.34. The van der Waals surface area contributed by atoms with Crippen LogP contribution in [0.5, 0.6) is 0 Å². The Balaban J connectivity index is 0.00000180. The highest BCUT2D eigenvalue weighted by molar-refractivity contribution is 8.13. The molecule has 0 saturated heterocycles. The van der Waals surface area contributed by atoms with Gasteiger partial charge in [-0.3, -0.25) is 5.41 Å². The maximum absolute atomic E-state index is 13.8. The van der Waals surface area contributed by atoms with Gasteiger partial charge in [0.15, 0.2) is 5.17 Å². The lowest BCUT2D eigenvalue weighted by Gasteiger charge is -2.20. The molecule has 0 atom stereocenters. The van der Waals surface area contributed by atoms with Crippen LogP contribution in [0.4, 0.5) is 4.39 Å². The predicted octanol–water partition coefficient (Wildman–Crippen LogP) is 4.20. The summed E-state index contributed by atoms with van der Waals surface area (Å²) < 4.78 is 13.8. The fraction of sp³-hybridized carbons (Fsp3) is 0.357. The fourth-order valence-corrected chi connectivity index (χ4v) is 2.97. The van der Waals surface area contributed by atoms with Gasteiger partial charge in [-0.1, -0.05) is 35.5 Å². The molecular formula is C14H18ClFN2S. The zero-order valence-electron chi connectivity index (χ0n) is 10.6. The Labute approximate surface area is 123 Å². The Kier molecular flexibility index (Phi) is 6.38. The van der Waals surface area contributed by atoms with E-state index < -0.39 is 0 Å². The Morgan fingerprint density at radius 2 is 1.95 bits per heavy atom. The molecular weight excluding hydrogens is 283 g/mol. The van der Waals surface area contributed by atoms with Gasteiger partial charge < -0.3 is 5.73 Å². The van der Waals surface area contributed by atoms with Crippen molar-refractivity contribution in [2.45, 2.75) is 25.7 Å². The minimum Gasteiger partial charge on any atom is -0.379 e. The van der Waals surface area contributed by atoms with Gasteiger partial charge in [-0.05, 0) is 37.3 Å². The molecule has 0 aliphatic heterocycles. The standard InChI is InChI=1S/C14H17FN2S.ClH/c15-13-8-4-3-7-12(13)11-6-2-1-5-10(11)9-18-14(16)17;/h3-4,7-8H,1-2,5-6,9H2,(H3,16,17);1H. The van der Waals surface area contributed by atoms with Crippen LogP contribution in [0.15, 0.2) is 29.8 Å². The van der Waals surface area contributed by atoms with Crippen LogP contribution in [-0.2, 0) is 0 Å². The summed E-state index contributed by atoms with van der Waals surface area (Å²) in [6, 6.07) is 6.93. The van der Waals surface area contributed by atoms with Gasteiger partial charge in [0.05, 0.1) is 0 Å². The molecule has 0 aromatic heterocycles. The number of benzene rings is 1. The van der Waals surface area contributed by atoms with Gasteiger partial charge in [-0.25, -0.2) is 4.39 Å². The summed E-state index contributed by atoms with van der Waals surface area (Å²) in [4.78, 5) is 0. The summed E-state index contributed by atoms with van der Waals surface area (Å²) in [5.41, 5.74) is 8.45. The van der Waals surface area contributed by atoms with Crippen molar-refractivity contribution in [2.75, 3.05) is 5.75 Å². The van der Waals surface area contributed by atoms with Gasteiger partial charge in [0, 0.05) is 11.3 Å². The third-order valence-corrected chi connectivity index (χ3v) is 3.99. The van der Waals surface area contributed by atoms with Gasteiger partial charge in [-0.15, -0.1) is 12.4 Å². The van der Waals surface area contributed by atoms with E-state index in [2.05, 4.69) is 0 Å². The van der Waals surface area contributed by atoms with Crippen molar-refractivity contribution in [1.82, 2.24) is 0 Å². The molecule has 0 saturated carbocycles. The van der Waals surface area contributed by atoms with Crippen LogP contribution in [0.2, 0.25) is 0 Å². The first-order valence-electron chi connectivity index (χ1n) is 6.11. The van der Waals surface area contributed by atoms with E-state index in [1.807, 2.05) is 12.1 Å². The van der Waals surface area contributed by atoms with Crippen LogP contribution in [0.25, 0.3) is 5.57 Å². The molecule has 2 nitrogen and oxygen atoms in total. The average Bonchev–Trinajstić information content (AvgIpc) is 2.37. The molecule has 5 heteroatoms. The molecule has 1 aliphatic rings. The van der Waals surface area contributed by atoms with E-state index in [9.17, 15) is 4.39 Å². The number of halogens is 2. The van der Waals surface area contributed by atoms with Crippen LogP contribution in [0.1, 0.15) is 31.2 Å². The molecule has 0 spiro atoms. The largest absolute Gasteiger partial charge is 0.379 e. The smallest absolute Gasteiger partial charge is 0.151 e. The molecule has 104 valence electrons. The van der Waals surface area contributed by atoms with E-state index in [-0.39, 0.29) is 23.4 Å². The van der Waals surface area contributed by atoms with Crippen molar-refractivity contribution in [3.63, 3.8) is 0 Å². The summed E-state index contributed by atoms with van der Waals surface area (Å²) in [7, 11) is 0. The summed E-state index contributed by atoms with van der Waals surface area (Å²) in [5.74, 6) is 0.554. The van der Waals surface area contributed by atoms with E-state index in [1.165, 1.54) is 23.4 Å². The Morgan fingerprint density at radius 3 is 2.63 bits per heavy atom. The molecule has 0 radical (unpaired) electrons. The van der Waals surface area contributed by atoms with Crippen molar-refractivity contribution >= 4 is 34.9 Å². The van der Waals surface area contributed by atoms with Crippen molar-refractivity contribution in [3.05, 3.63) is 41.2 Å². The van der Waals surface area contributed by atoms with E-state index >= 15 is 0 Å². The van der Waals surface area contributed by atoms with Gasteiger partial charge in [0.2, 0.25) is 0 Å². The van der Waals surface area contributed by atoms with Gasteiger partial charge in [-0.2, -0.15) is 0 Å². The molecule has 1 aromatic carbocycles. The van der Waals surface area contributed by atoms with Crippen LogP contribution in [-0.4, -0.2) is 10.9 Å². The molecule has 0 fully saturated rings. The normalized spacial score (nSPS) is 15.0. The van der Waals surface area contributed by atoms with Gasteiger partial charge in [0.25, 0.3) is 0 Å². The number of rotatable bonds is 3. The first-order chi connectivity index (χ1) is 8.68. The third kappa shape index (κ3) is 4.25. The summed E-state index contributed by atoms with van der Waals surface area (Å²) >= 11 is 1.32. The number of hydrogen-bond acceptors (Lipinski definition) is 2. The fourth-order valence-electron chi connectivity index (χ4n) is 2.32. The second-order valence-corrected chi connectivity index (χ2v) is 5.44. The molecule has 0 unspecified atom stereocenters. The minimum atomic E-state index is -0.153. The van der Waals surface area contributed by atoms with E-state index in [0.717, 1.165) is 36.8 Å². The number of thioether (sulfide) groups is 1. The van der Waals surface area contributed by atoms with Crippen molar-refractivity contribution < 1.29 is 4.39 Å². The number of amidine groups is 1. The zero-order valence-corrected chi connectivity index (χ0v) is 12.2. The second-order valence-electron chi connectivity index (χ2n) is 4.42. The molecule has 19 heavy (non-hydrogen) atoms. The number of nitrogens with two attached hydrogens (primary N) is 1. The maximum Gasteiger partial charge on any atom is 0.151 e. The summed E-state index contributed by atoms with van der Waals surface area (Å²) in [6.07, 6.45) is 4.17. The second kappa shape index (κ2) is 7.56. The van der Waals surface area contributed by atoms with Crippen LogP contribution in [0, 0.1) is 11.2 Å². The third-order valence-electron chi connectivity index (χ3n) is 3.18. The van der Waals surface area contributed by atoms with E-state index in [1.54, 1.807) is 6.07 Å². The number of allylic oxidation sites excluding steroid dienone is 1. The Hall–Kier alpha value is -1.00. The lowest BCUT2D eigenvalue weighted by atomic mass is 9.88. The van der Waals surface area contributed by atoms with Crippen molar-refractivity contribution in [2.24, 2.45) is 5.73 Å². The molecule has 0 heterocycles. The van der Waals surface area contributed by atoms with Gasteiger partial charge >= 0.3 is 0 Å². The van der Waals surface area contributed by atoms with Crippen LogP contribution < -0.4 is 5.73 Å². The summed E-state index contributed by atoms with van der Waals surface area (Å²) in [5, 5.41) is 7.40. The lowest BCUT2D eigenvalue weighted by molar-refractivity contribution is 0.619. The predicted molar refractivity (Wildman–Crippen MR) is 83.4 cm³/mol. The topological polar surface area (TPSA) is 49.9 Å². The van der Waals surface area contributed by atoms with E-state index in [4.69, 9.17) is 11.1 Å². The SMILES string of the molecule is Cl.N=C(N)SCC1=C(c2ccccc2F)CCCC1. The van der Waals surface area contributed by atoms with Gasteiger partial charge in [0.1, 0.15) is 5.82 Å². The molecule has 1 aromatic rings. The monoisotopic (exact) mass is 300 g/mol. The zero-order chi connectivity index (χ0) is 13.0. The molecule has 2 rings (SSSR count). The quantitative estimate of drug-likeness (QED) is 0.649. The molecule has 0 bridgehead atoms. The van der Waals surface area contributed by atoms with Crippen LogP contribution in [0.3, 0.4) is 0 Å². The summed E-state index contributed by atoms with van der Waals surface area (Å²) in [6.45, 7) is 0. The molecule has 1 aliphatic carbocycles. The minimum absolute atomic E-state index is 0. The lowest BCUT2D eigenvalue weighted by Crippen LogP contribution is -2.08.